The third-order valence-electron chi connectivity index (χ3n) is 5.48. The number of hydrogen-bond acceptors (Lipinski definition) is 7. The monoisotopic (exact) mass is 410 g/mol. The van der Waals surface area contributed by atoms with Crippen LogP contribution in [0.1, 0.15) is 29.5 Å². The lowest BCUT2D eigenvalue weighted by atomic mass is 10.1. The van der Waals surface area contributed by atoms with Crippen molar-refractivity contribution in [3.63, 3.8) is 0 Å². The number of nitrogens with zero attached hydrogens (tertiary/aromatic N) is 5. The van der Waals surface area contributed by atoms with Gasteiger partial charge in [-0.15, -0.1) is 11.3 Å². The van der Waals surface area contributed by atoms with Gasteiger partial charge in [0.05, 0.1) is 21.4 Å². The van der Waals surface area contributed by atoms with Crippen molar-refractivity contribution in [1.29, 1.82) is 0 Å². The Balaban J connectivity index is 1.57. The molecule has 4 aromatic rings. The van der Waals surface area contributed by atoms with Crippen LogP contribution < -0.4 is 11.0 Å². The minimum absolute atomic E-state index is 0.0592. The lowest BCUT2D eigenvalue weighted by Gasteiger charge is -2.22. The van der Waals surface area contributed by atoms with E-state index < -0.39 is 0 Å². The molecule has 1 aliphatic rings. The molecule has 0 bridgehead atoms. The van der Waals surface area contributed by atoms with E-state index in [4.69, 9.17) is 9.72 Å². The Hall–Kier alpha value is -2.78. The van der Waals surface area contributed by atoms with Crippen LogP contribution in [0.4, 0.5) is 11.6 Å². The summed E-state index contributed by atoms with van der Waals surface area (Å²) in [6.07, 6.45) is 3.34. The molecule has 8 nitrogen and oxygen atoms in total. The van der Waals surface area contributed by atoms with Crippen LogP contribution in [0.3, 0.4) is 0 Å². The maximum Gasteiger partial charge on any atom is 0.330 e. The highest BCUT2D eigenvalue weighted by molar-refractivity contribution is 7.18. The Kier molecular flexibility index (Phi) is 4.36. The molecule has 1 aromatic carbocycles. The smallest absolute Gasteiger partial charge is 0.330 e. The minimum atomic E-state index is -0.0592. The topological polar surface area (TPSA) is 86.9 Å². The van der Waals surface area contributed by atoms with Gasteiger partial charge in [-0.3, -0.25) is 9.13 Å². The molecule has 1 saturated heterocycles. The number of rotatable bonds is 3. The van der Waals surface area contributed by atoms with E-state index in [-0.39, 0.29) is 11.7 Å². The molecule has 0 radical (unpaired) electrons. The molecule has 150 valence electrons. The Bertz CT molecular complexity index is 1280. The van der Waals surface area contributed by atoms with Gasteiger partial charge < -0.3 is 10.1 Å². The standard InChI is InChI=1S/C20H22N6O2S/c1-11-8-15-17(29-12(2)22-15)9-14(11)23-19-21-10-16-18(24-19)26(20(27)25(16)3)13-4-6-28-7-5-13/h8-10,13H,4-7H2,1-3H3,(H,21,23,24). The number of benzene rings is 1. The van der Waals surface area contributed by atoms with Gasteiger partial charge in [-0.05, 0) is 44.4 Å². The molecule has 29 heavy (non-hydrogen) atoms. The molecule has 0 aliphatic carbocycles. The number of aryl methyl sites for hydroxylation is 3. The number of anilines is 2. The molecule has 0 amide bonds. The highest BCUT2D eigenvalue weighted by Crippen LogP contribution is 2.30. The van der Waals surface area contributed by atoms with E-state index in [0.717, 1.165) is 44.8 Å². The second-order valence-corrected chi connectivity index (χ2v) is 8.69. The summed E-state index contributed by atoms with van der Waals surface area (Å²) in [6.45, 7) is 5.37. The molecule has 5 rings (SSSR count). The SMILES string of the molecule is Cc1nc2cc(C)c(Nc3ncc4c(n3)n(C3CCOCC3)c(=O)n4C)cc2s1. The summed E-state index contributed by atoms with van der Waals surface area (Å²) in [5, 5.41) is 4.37. The lowest BCUT2D eigenvalue weighted by Crippen LogP contribution is -2.30. The maximum absolute atomic E-state index is 12.9. The summed E-state index contributed by atoms with van der Waals surface area (Å²) in [4.78, 5) is 26.6. The second kappa shape index (κ2) is 6.93. The first-order valence-corrected chi connectivity index (χ1v) is 10.5. The lowest BCUT2D eigenvalue weighted by molar-refractivity contribution is 0.0695. The molecule has 1 aliphatic heterocycles. The first-order chi connectivity index (χ1) is 14.0. The summed E-state index contributed by atoms with van der Waals surface area (Å²) in [7, 11) is 1.77. The van der Waals surface area contributed by atoms with Crippen molar-refractivity contribution in [3.8, 4) is 0 Å². The van der Waals surface area contributed by atoms with Gasteiger partial charge in [-0.1, -0.05) is 0 Å². The molecule has 0 spiro atoms. The van der Waals surface area contributed by atoms with Crippen molar-refractivity contribution in [1.82, 2.24) is 24.1 Å². The predicted octanol–water partition coefficient (Wildman–Crippen LogP) is 3.45. The molecule has 1 N–H and O–H groups in total. The van der Waals surface area contributed by atoms with Gasteiger partial charge in [-0.25, -0.2) is 14.8 Å². The maximum atomic E-state index is 12.9. The summed E-state index contributed by atoms with van der Waals surface area (Å²) in [5.74, 6) is 0.479. The van der Waals surface area contributed by atoms with Crippen LogP contribution >= 0.6 is 11.3 Å². The predicted molar refractivity (Wildman–Crippen MR) is 114 cm³/mol. The molecule has 0 unspecified atom stereocenters. The van der Waals surface area contributed by atoms with E-state index in [1.54, 1.807) is 33.7 Å². The van der Waals surface area contributed by atoms with Gasteiger partial charge in [-0.2, -0.15) is 4.98 Å². The average Bonchev–Trinajstić information content (AvgIpc) is 3.18. The molecule has 0 atom stereocenters. The molecule has 1 fully saturated rings. The normalized spacial score (nSPS) is 15.4. The van der Waals surface area contributed by atoms with Crippen LogP contribution in [-0.4, -0.2) is 37.3 Å². The van der Waals surface area contributed by atoms with E-state index in [9.17, 15) is 4.79 Å². The van der Waals surface area contributed by atoms with Gasteiger partial charge in [0.15, 0.2) is 5.65 Å². The van der Waals surface area contributed by atoms with Crippen LogP contribution in [0, 0.1) is 13.8 Å². The van der Waals surface area contributed by atoms with Crippen LogP contribution in [0.5, 0.6) is 0 Å². The Morgan fingerprint density at radius 2 is 2.00 bits per heavy atom. The van der Waals surface area contributed by atoms with Crippen molar-refractivity contribution in [3.05, 3.63) is 39.4 Å². The van der Waals surface area contributed by atoms with Gasteiger partial charge in [0, 0.05) is 32.0 Å². The van der Waals surface area contributed by atoms with E-state index in [1.807, 2.05) is 13.8 Å². The highest BCUT2D eigenvalue weighted by Gasteiger charge is 2.23. The minimum Gasteiger partial charge on any atom is -0.381 e. The third-order valence-corrected chi connectivity index (χ3v) is 6.41. The van der Waals surface area contributed by atoms with Gasteiger partial charge in [0.25, 0.3) is 0 Å². The van der Waals surface area contributed by atoms with E-state index >= 15 is 0 Å². The molecule has 3 aromatic heterocycles. The number of hydrogen-bond donors (Lipinski definition) is 1. The molecule has 9 heteroatoms. The largest absolute Gasteiger partial charge is 0.381 e. The van der Waals surface area contributed by atoms with Gasteiger partial charge in [0.1, 0.15) is 5.52 Å². The number of thiazole rings is 1. The van der Waals surface area contributed by atoms with Crippen molar-refractivity contribution in [2.24, 2.45) is 7.05 Å². The van der Waals surface area contributed by atoms with Gasteiger partial charge in [0.2, 0.25) is 5.95 Å². The Morgan fingerprint density at radius 3 is 2.79 bits per heavy atom. The zero-order valence-electron chi connectivity index (χ0n) is 16.6. The Labute approximate surface area is 171 Å². The Morgan fingerprint density at radius 1 is 1.21 bits per heavy atom. The van der Waals surface area contributed by atoms with Crippen molar-refractivity contribution in [2.45, 2.75) is 32.7 Å². The van der Waals surface area contributed by atoms with E-state index in [1.165, 1.54) is 0 Å². The number of fused-ring (bicyclic) bond motifs is 2. The van der Waals surface area contributed by atoms with Crippen LogP contribution in [-0.2, 0) is 11.8 Å². The molecule has 4 heterocycles. The van der Waals surface area contributed by atoms with E-state index in [0.29, 0.717) is 24.8 Å². The van der Waals surface area contributed by atoms with Crippen LogP contribution in [0.25, 0.3) is 21.4 Å². The summed E-state index contributed by atoms with van der Waals surface area (Å²) < 4.78 is 10.00. The van der Waals surface area contributed by atoms with Crippen molar-refractivity contribution in [2.75, 3.05) is 18.5 Å². The summed E-state index contributed by atoms with van der Waals surface area (Å²) in [6, 6.07) is 4.25. The first-order valence-electron chi connectivity index (χ1n) is 9.68. The number of aromatic nitrogens is 5. The highest BCUT2D eigenvalue weighted by atomic mass is 32.1. The van der Waals surface area contributed by atoms with Crippen LogP contribution in [0.15, 0.2) is 23.1 Å². The molecule has 0 saturated carbocycles. The molecular formula is C20H22N6O2S. The summed E-state index contributed by atoms with van der Waals surface area (Å²) in [5.41, 5.74) is 4.35. The molecular weight excluding hydrogens is 388 g/mol. The van der Waals surface area contributed by atoms with Gasteiger partial charge >= 0.3 is 5.69 Å². The fourth-order valence-corrected chi connectivity index (χ4v) is 4.77. The third kappa shape index (κ3) is 3.10. The quantitative estimate of drug-likeness (QED) is 0.557. The van der Waals surface area contributed by atoms with Crippen LogP contribution in [0.2, 0.25) is 0 Å². The van der Waals surface area contributed by atoms with Crippen molar-refractivity contribution < 1.29 is 4.74 Å². The second-order valence-electron chi connectivity index (χ2n) is 7.45. The average molecular weight is 411 g/mol. The fraction of sp³-hybridized carbons (Fsp3) is 0.400. The van der Waals surface area contributed by atoms with E-state index in [2.05, 4.69) is 27.4 Å². The fourth-order valence-electron chi connectivity index (χ4n) is 3.92. The first kappa shape index (κ1) is 18.3. The number of imidazole rings is 1. The summed E-state index contributed by atoms with van der Waals surface area (Å²) >= 11 is 1.66. The van der Waals surface area contributed by atoms with Crippen molar-refractivity contribution >= 4 is 44.4 Å². The zero-order valence-corrected chi connectivity index (χ0v) is 17.4. The zero-order chi connectivity index (χ0) is 20.1. The number of nitrogens with one attached hydrogen (secondary N) is 1. The number of ether oxygens (including phenoxy) is 1.